The molecule has 1 aliphatic heterocycles. The van der Waals surface area contributed by atoms with Gasteiger partial charge < -0.3 is 20.1 Å². The molecule has 0 unspecified atom stereocenters. The Bertz CT molecular complexity index is 470. The van der Waals surface area contributed by atoms with E-state index in [1.807, 2.05) is 13.8 Å². The second-order valence-corrected chi connectivity index (χ2v) is 7.79. The molecule has 0 aliphatic carbocycles. The molecule has 0 bridgehead atoms. The molecule has 1 aliphatic rings. The number of hydrogen-bond donors (Lipinski definition) is 2. The first-order valence-electron chi connectivity index (χ1n) is 8.50. The van der Waals surface area contributed by atoms with Gasteiger partial charge in [-0.15, -0.1) is 0 Å². The van der Waals surface area contributed by atoms with Gasteiger partial charge in [0.1, 0.15) is 11.6 Å². The minimum absolute atomic E-state index is 0.163. The highest BCUT2D eigenvalue weighted by Crippen LogP contribution is 2.20. The van der Waals surface area contributed by atoms with E-state index in [0.717, 1.165) is 0 Å². The molecule has 24 heavy (non-hydrogen) atoms. The minimum Gasteiger partial charge on any atom is -0.480 e. The van der Waals surface area contributed by atoms with Crippen LogP contribution in [0.4, 0.5) is 4.79 Å². The smallest absolute Gasteiger partial charge is 0.410 e. The maximum Gasteiger partial charge on any atom is 0.410 e. The van der Waals surface area contributed by atoms with Gasteiger partial charge in [0.05, 0.1) is 5.92 Å². The number of nitrogens with zero attached hydrogens (tertiary/aromatic N) is 1. The van der Waals surface area contributed by atoms with Gasteiger partial charge in [0.2, 0.25) is 5.91 Å². The molecule has 0 radical (unpaired) electrons. The summed E-state index contributed by atoms with van der Waals surface area (Å²) in [5.41, 5.74) is -0.585. The van der Waals surface area contributed by atoms with Crippen LogP contribution in [0.3, 0.4) is 0 Å². The van der Waals surface area contributed by atoms with Gasteiger partial charge in [-0.25, -0.2) is 9.59 Å². The Morgan fingerprint density at radius 2 is 1.92 bits per heavy atom. The normalized spacial score (nSPS) is 19.8. The van der Waals surface area contributed by atoms with Crippen LogP contribution in [0, 0.1) is 11.8 Å². The molecule has 1 rings (SSSR count). The second-order valence-electron chi connectivity index (χ2n) is 7.79. The van der Waals surface area contributed by atoms with Gasteiger partial charge in [-0.2, -0.15) is 0 Å². The number of carbonyl (C=O) groups excluding carboxylic acids is 2. The summed E-state index contributed by atoms with van der Waals surface area (Å²) < 4.78 is 5.34. The van der Waals surface area contributed by atoms with Crippen molar-refractivity contribution in [2.24, 2.45) is 11.8 Å². The van der Waals surface area contributed by atoms with Crippen molar-refractivity contribution in [3.05, 3.63) is 0 Å². The fourth-order valence-electron chi connectivity index (χ4n) is 2.67. The summed E-state index contributed by atoms with van der Waals surface area (Å²) >= 11 is 0. The molecule has 1 heterocycles. The zero-order chi connectivity index (χ0) is 18.5. The highest BCUT2D eigenvalue weighted by atomic mass is 16.6. The van der Waals surface area contributed by atoms with E-state index >= 15 is 0 Å². The lowest BCUT2D eigenvalue weighted by atomic mass is 9.96. The standard InChI is InChI=1S/C17H30N2O5/c1-11(2)9-13(15(21)22)18-14(20)12-7-6-8-19(10-12)16(23)24-17(3,4)5/h11-13H,6-10H2,1-5H3,(H,18,20)(H,21,22)/t12-,13+/m1/s1. The third-order valence-electron chi connectivity index (χ3n) is 3.77. The predicted molar refractivity (Wildman–Crippen MR) is 89.6 cm³/mol. The van der Waals surface area contributed by atoms with Gasteiger partial charge in [-0.1, -0.05) is 13.8 Å². The molecular formula is C17H30N2O5. The first kappa shape index (κ1) is 20.3. The SMILES string of the molecule is CC(C)C[C@H](NC(=O)[C@@H]1CCCN(C(=O)OC(C)(C)C)C1)C(=O)O. The maximum atomic E-state index is 12.4. The van der Waals surface area contributed by atoms with Crippen molar-refractivity contribution < 1.29 is 24.2 Å². The summed E-state index contributed by atoms with van der Waals surface area (Å²) in [6.45, 7) is 10.0. The van der Waals surface area contributed by atoms with E-state index in [1.54, 1.807) is 20.8 Å². The van der Waals surface area contributed by atoms with E-state index in [0.29, 0.717) is 25.8 Å². The third-order valence-corrected chi connectivity index (χ3v) is 3.77. The first-order valence-corrected chi connectivity index (χ1v) is 8.50. The molecule has 0 aromatic heterocycles. The Morgan fingerprint density at radius 1 is 1.29 bits per heavy atom. The van der Waals surface area contributed by atoms with Gasteiger partial charge in [0.15, 0.2) is 0 Å². The van der Waals surface area contributed by atoms with Crippen LogP contribution in [-0.4, -0.2) is 52.7 Å². The molecule has 7 nitrogen and oxygen atoms in total. The first-order chi connectivity index (χ1) is 11.0. The van der Waals surface area contributed by atoms with Crippen LogP contribution in [0.25, 0.3) is 0 Å². The molecular weight excluding hydrogens is 312 g/mol. The van der Waals surface area contributed by atoms with Crippen LogP contribution >= 0.6 is 0 Å². The molecule has 1 saturated heterocycles. The van der Waals surface area contributed by atoms with Gasteiger partial charge in [0, 0.05) is 13.1 Å². The average molecular weight is 342 g/mol. The van der Waals surface area contributed by atoms with Gasteiger partial charge in [0.25, 0.3) is 0 Å². The molecule has 138 valence electrons. The van der Waals surface area contributed by atoms with Crippen LogP contribution in [0.15, 0.2) is 0 Å². The van der Waals surface area contributed by atoms with E-state index in [9.17, 15) is 19.5 Å². The highest BCUT2D eigenvalue weighted by Gasteiger charge is 2.32. The summed E-state index contributed by atoms with van der Waals surface area (Å²) in [7, 11) is 0. The molecule has 1 fully saturated rings. The average Bonchev–Trinajstić information content (AvgIpc) is 2.44. The van der Waals surface area contributed by atoms with E-state index in [-0.39, 0.29) is 18.4 Å². The number of aliphatic carboxylic acids is 1. The number of nitrogens with one attached hydrogen (secondary N) is 1. The number of piperidine rings is 1. The number of carboxylic acids is 1. The molecule has 2 amide bonds. The molecule has 2 N–H and O–H groups in total. The molecule has 0 spiro atoms. The number of amides is 2. The van der Waals surface area contributed by atoms with Gasteiger partial charge >= 0.3 is 12.1 Å². The Balaban J connectivity index is 2.64. The van der Waals surface area contributed by atoms with Crippen LogP contribution < -0.4 is 5.32 Å². The Morgan fingerprint density at radius 3 is 2.42 bits per heavy atom. The molecule has 0 saturated carbocycles. The van der Waals surface area contributed by atoms with Crippen LogP contribution in [-0.2, 0) is 14.3 Å². The predicted octanol–water partition coefficient (Wildman–Crippen LogP) is 2.25. The second kappa shape index (κ2) is 8.35. The van der Waals surface area contributed by atoms with Crippen molar-refractivity contribution in [2.75, 3.05) is 13.1 Å². The number of hydrogen-bond acceptors (Lipinski definition) is 4. The lowest BCUT2D eigenvalue weighted by molar-refractivity contribution is -0.143. The molecule has 0 aromatic carbocycles. The molecule has 2 atom stereocenters. The number of carboxylic acid groups (broad SMARTS) is 1. The lowest BCUT2D eigenvalue weighted by Gasteiger charge is -2.34. The van der Waals surface area contributed by atoms with Crippen LogP contribution in [0.5, 0.6) is 0 Å². The topological polar surface area (TPSA) is 95.9 Å². The largest absolute Gasteiger partial charge is 0.480 e. The van der Waals surface area contributed by atoms with Gasteiger partial charge in [-0.05, 0) is 46.0 Å². The quantitative estimate of drug-likeness (QED) is 0.799. The summed E-state index contributed by atoms with van der Waals surface area (Å²) in [4.78, 5) is 37.3. The third kappa shape index (κ3) is 6.76. The van der Waals surface area contributed by atoms with Crippen molar-refractivity contribution in [1.82, 2.24) is 10.2 Å². The highest BCUT2D eigenvalue weighted by molar-refractivity contribution is 5.85. The van der Waals surface area contributed by atoms with E-state index in [4.69, 9.17) is 4.74 Å². The molecule has 7 heteroatoms. The summed E-state index contributed by atoms with van der Waals surface area (Å²) in [5, 5.41) is 11.8. The van der Waals surface area contributed by atoms with Crippen molar-refractivity contribution >= 4 is 18.0 Å². The fraction of sp³-hybridized carbons (Fsp3) is 0.824. The zero-order valence-electron chi connectivity index (χ0n) is 15.3. The number of ether oxygens (including phenoxy) is 1. The summed E-state index contributed by atoms with van der Waals surface area (Å²) in [6, 6.07) is -0.894. The van der Waals surface area contributed by atoms with Crippen molar-refractivity contribution in [3.63, 3.8) is 0 Å². The Labute approximate surface area is 143 Å². The van der Waals surface area contributed by atoms with Crippen LogP contribution in [0.2, 0.25) is 0 Å². The van der Waals surface area contributed by atoms with E-state index in [1.165, 1.54) is 4.90 Å². The zero-order valence-corrected chi connectivity index (χ0v) is 15.3. The Hall–Kier alpha value is -1.79. The van der Waals surface area contributed by atoms with Crippen molar-refractivity contribution in [3.8, 4) is 0 Å². The lowest BCUT2D eigenvalue weighted by Crippen LogP contribution is -2.50. The van der Waals surface area contributed by atoms with Crippen LogP contribution in [0.1, 0.15) is 53.9 Å². The van der Waals surface area contributed by atoms with Crippen molar-refractivity contribution in [1.29, 1.82) is 0 Å². The fourth-order valence-corrected chi connectivity index (χ4v) is 2.67. The maximum absolute atomic E-state index is 12.4. The molecule has 0 aromatic rings. The monoisotopic (exact) mass is 342 g/mol. The van der Waals surface area contributed by atoms with Crippen molar-refractivity contribution in [2.45, 2.75) is 65.5 Å². The summed E-state index contributed by atoms with van der Waals surface area (Å²) in [6.07, 6.45) is 1.28. The van der Waals surface area contributed by atoms with E-state index in [2.05, 4.69) is 5.32 Å². The number of likely N-dealkylation sites (tertiary alicyclic amines) is 1. The minimum atomic E-state index is -1.03. The summed E-state index contributed by atoms with van der Waals surface area (Å²) in [5.74, 6) is -1.58. The number of carbonyl (C=O) groups is 3. The van der Waals surface area contributed by atoms with Gasteiger partial charge in [-0.3, -0.25) is 4.79 Å². The number of rotatable bonds is 5. The van der Waals surface area contributed by atoms with E-state index < -0.39 is 29.6 Å². The Kier molecular flexibility index (Phi) is 7.05.